The largest absolute Gasteiger partial charge is 0.329 e. The highest BCUT2D eigenvalue weighted by atomic mass is 19.1. The van der Waals surface area contributed by atoms with Gasteiger partial charge in [0.25, 0.3) is 11.5 Å². The van der Waals surface area contributed by atoms with Crippen LogP contribution in [0.2, 0.25) is 0 Å². The van der Waals surface area contributed by atoms with Crippen molar-refractivity contribution >= 4 is 16.8 Å². The Morgan fingerprint density at radius 1 is 1.00 bits per heavy atom. The predicted octanol–water partition coefficient (Wildman–Crippen LogP) is 5.45. The van der Waals surface area contributed by atoms with E-state index < -0.39 is 17.8 Å². The summed E-state index contributed by atoms with van der Waals surface area (Å²) < 4.78 is 16.0. The summed E-state index contributed by atoms with van der Waals surface area (Å²) in [6, 6.07) is 20.2. The highest BCUT2D eigenvalue weighted by molar-refractivity contribution is 5.94. The number of carbonyl (C=O) groups is 1. The van der Waals surface area contributed by atoms with Gasteiger partial charge in [-0.05, 0) is 56.7 Å². The van der Waals surface area contributed by atoms with Crippen LogP contribution in [0, 0.1) is 12.7 Å². The van der Waals surface area contributed by atoms with Gasteiger partial charge in [0.1, 0.15) is 11.6 Å². The Bertz CT molecular complexity index is 1360. The molecule has 0 saturated heterocycles. The fourth-order valence-electron chi connectivity index (χ4n) is 4.15. The summed E-state index contributed by atoms with van der Waals surface area (Å²) >= 11 is 0. The number of halogens is 1. The summed E-state index contributed by atoms with van der Waals surface area (Å²) in [6.07, 6.45) is 0.505. The second kappa shape index (κ2) is 9.36. The van der Waals surface area contributed by atoms with Crippen molar-refractivity contribution in [3.8, 4) is 5.69 Å². The topological polar surface area (TPSA) is 55.2 Å². The van der Waals surface area contributed by atoms with Crippen LogP contribution in [0.25, 0.3) is 16.6 Å². The number of amides is 1. The summed E-state index contributed by atoms with van der Waals surface area (Å²) in [7, 11) is 0. The van der Waals surface area contributed by atoms with Crippen LogP contribution in [0.5, 0.6) is 0 Å². The average Bonchev–Trinajstić information content (AvgIpc) is 2.83. The minimum absolute atomic E-state index is 0.00261. The molecule has 4 rings (SSSR count). The van der Waals surface area contributed by atoms with Crippen LogP contribution in [0.1, 0.15) is 48.1 Å². The molecule has 5 nitrogen and oxygen atoms in total. The van der Waals surface area contributed by atoms with Crippen molar-refractivity contribution in [3.05, 3.63) is 106 Å². The number of aryl methyl sites for hydroxylation is 1. The van der Waals surface area contributed by atoms with Crippen molar-refractivity contribution in [1.29, 1.82) is 0 Å². The molecule has 1 aromatic heterocycles. The minimum atomic E-state index is -0.571. The Morgan fingerprint density at radius 3 is 2.33 bits per heavy atom. The molecule has 33 heavy (non-hydrogen) atoms. The third kappa shape index (κ3) is 4.16. The summed E-state index contributed by atoms with van der Waals surface area (Å²) in [5.41, 5.74) is 2.11. The smallest absolute Gasteiger partial charge is 0.266 e. The number of nitrogens with zero attached hydrogens (tertiary/aromatic N) is 3. The fourth-order valence-corrected chi connectivity index (χ4v) is 4.15. The molecule has 3 aromatic carbocycles. The maximum Gasteiger partial charge on any atom is 0.266 e. The molecule has 0 aliphatic rings. The summed E-state index contributed by atoms with van der Waals surface area (Å²) in [5, 5.41) is 0.500. The number of para-hydroxylation sites is 1. The number of rotatable bonds is 6. The lowest BCUT2D eigenvalue weighted by Crippen LogP contribution is -2.38. The van der Waals surface area contributed by atoms with Crippen LogP contribution < -0.4 is 5.56 Å². The highest BCUT2D eigenvalue weighted by Crippen LogP contribution is 2.28. The lowest BCUT2D eigenvalue weighted by molar-refractivity contribution is 0.0667. The Hall–Kier alpha value is -3.80. The lowest BCUT2D eigenvalue weighted by Gasteiger charge is -2.31. The van der Waals surface area contributed by atoms with Crippen LogP contribution in [-0.2, 0) is 0 Å². The molecule has 0 radical (unpaired) electrons. The van der Waals surface area contributed by atoms with Crippen molar-refractivity contribution in [3.63, 3.8) is 0 Å². The number of hydrogen-bond acceptors (Lipinski definition) is 3. The first-order valence-electron chi connectivity index (χ1n) is 11.1. The molecule has 168 valence electrons. The Labute approximate surface area is 192 Å². The van der Waals surface area contributed by atoms with Gasteiger partial charge in [0.05, 0.1) is 28.2 Å². The first kappa shape index (κ1) is 22.4. The molecule has 0 aliphatic heterocycles. The van der Waals surface area contributed by atoms with E-state index in [9.17, 15) is 14.0 Å². The number of benzene rings is 3. The molecule has 0 aliphatic carbocycles. The number of fused-ring (bicyclic) bond motifs is 1. The van der Waals surface area contributed by atoms with Crippen molar-refractivity contribution < 1.29 is 9.18 Å². The minimum Gasteiger partial charge on any atom is -0.329 e. The molecular weight excluding hydrogens is 417 g/mol. The second-order valence-corrected chi connectivity index (χ2v) is 7.96. The van der Waals surface area contributed by atoms with E-state index in [-0.39, 0.29) is 11.1 Å². The maximum absolute atomic E-state index is 14.4. The van der Waals surface area contributed by atoms with Gasteiger partial charge in [-0.1, -0.05) is 48.9 Å². The van der Waals surface area contributed by atoms with Gasteiger partial charge in [-0.25, -0.2) is 9.37 Å². The average molecular weight is 444 g/mol. The first-order valence-corrected chi connectivity index (χ1v) is 11.1. The molecule has 1 unspecified atom stereocenters. The van der Waals surface area contributed by atoms with Gasteiger partial charge in [0.15, 0.2) is 0 Å². The second-order valence-electron chi connectivity index (χ2n) is 7.96. The van der Waals surface area contributed by atoms with Gasteiger partial charge < -0.3 is 4.90 Å². The van der Waals surface area contributed by atoms with Gasteiger partial charge in [-0.15, -0.1) is 0 Å². The zero-order chi connectivity index (χ0) is 23.5. The molecule has 0 bridgehead atoms. The molecule has 0 saturated carbocycles. The number of hydrogen-bond donors (Lipinski definition) is 0. The summed E-state index contributed by atoms with van der Waals surface area (Å²) in [6.45, 7) is 6.09. The Balaban J connectivity index is 1.95. The molecule has 1 heterocycles. The van der Waals surface area contributed by atoms with E-state index in [0.717, 1.165) is 5.56 Å². The molecule has 4 aromatic rings. The van der Waals surface area contributed by atoms with Crippen molar-refractivity contribution in [2.75, 3.05) is 6.54 Å². The van der Waals surface area contributed by atoms with Gasteiger partial charge in [-0.2, -0.15) is 0 Å². The summed E-state index contributed by atoms with van der Waals surface area (Å²) in [5.74, 6) is -0.546. The normalized spacial score (nSPS) is 12.0. The molecule has 6 heteroatoms. The highest BCUT2D eigenvalue weighted by Gasteiger charge is 2.29. The number of carbonyl (C=O) groups excluding carboxylic acids is 1. The standard InChI is InChI=1S/C27H26FN3O2/c1-4-24(30(5-2)26(32)20-10-6-8-12-22(20)28)25-29-23-13-9-7-11-21(23)27(33)31(25)19-16-14-18(3)15-17-19/h6-17,24H,4-5H2,1-3H3. The predicted molar refractivity (Wildman–Crippen MR) is 128 cm³/mol. The quantitative estimate of drug-likeness (QED) is 0.398. The Kier molecular flexibility index (Phi) is 6.36. The van der Waals surface area contributed by atoms with Crippen LogP contribution >= 0.6 is 0 Å². The molecule has 0 N–H and O–H groups in total. The lowest BCUT2D eigenvalue weighted by atomic mass is 10.1. The number of aromatic nitrogens is 2. The zero-order valence-electron chi connectivity index (χ0n) is 19.0. The molecule has 1 amide bonds. The van der Waals surface area contributed by atoms with E-state index in [1.165, 1.54) is 12.1 Å². The van der Waals surface area contributed by atoms with Crippen LogP contribution in [-0.4, -0.2) is 26.9 Å². The van der Waals surface area contributed by atoms with E-state index >= 15 is 0 Å². The molecule has 0 fully saturated rings. The fraction of sp³-hybridized carbons (Fsp3) is 0.222. The van der Waals surface area contributed by atoms with Crippen molar-refractivity contribution in [2.45, 2.75) is 33.2 Å². The van der Waals surface area contributed by atoms with Crippen LogP contribution in [0.15, 0.2) is 77.6 Å². The van der Waals surface area contributed by atoms with Gasteiger partial charge in [0, 0.05) is 6.54 Å². The van der Waals surface area contributed by atoms with E-state index in [1.807, 2.05) is 57.2 Å². The van der Waals surface area contributed by atoms with E-state index in [4.69, 9.17) is 4.98 Å². The zero-order valence-corrected chi connectivity index (χ0v) is 19.0. The monoisotopic (exact) mass is 443 g/mol. The van der Waals surface area contributed by atoms with Crippen LogP contribution in [0.3, 0.4) is 0 Å². The maximum atomic E-state index is 14.4. The van der Waals surface area contributed by atoms with E-state index in [2.05, 4.69) is 0 Å². The SMILES string of the molecule is CCC(c1nc2ccccc2c(=O)n1-c1ccc(C)cc1)N(CC)C(=O)c1ccccc1F. The molecular formula is C27H26FN3O2. The third-order valence-electron chi connectivity index (χ3n) is 5.86. The van der Waals surface area contributed by atoms with Crippen molar-refractivity contribution in [1.82, 2.24) is 14.5 Å². The van der Waals surface area contributed by atoms with Gasteiger partial charge >= 0.3 is 0 Å². The molecule has 1 atom stereocenters. The van der Waals surface area contributed by atoms with Crippen LogP contribution in [0.4, 0.5) is 4.39 Å². The first-order chi connectivity index (χ1) is 16.0. The van der Waals surface area contributed by atoms with Gasteiger partial charge in [0.2, 0.25) is 0 Å². The van der Waals surface area contributed by atoms with Crippen molar-refractivity contribution in [2.24, 2.45) is 0 Å². The summed E-state index contributed by atoms with van der Waals surface area (Å²) in [4.78, 5) is 33.4. The third-order valence-corrected chi connectivity index (χ3v) is 5.86. The van der Waals surface area contributed by atoms with E-state index in [0.29, 0.717) is 35.4 Å². The van der Waals surface area contributed by atoms with E-state index in [1.54, 1.807) is 33.7 Å². The Morgan fingerprint density at radius 2 is 1.67 bits per heavy atom. The van der Waals surface area contributed by atoms with Gasteiger partial charge in [-0.3, -0.25) is 14.2 Å². The molecule has 0 spiro atoms.